The van der Waals surface area contributed by atoms with Crippen LogP contribution >= 0.6 is 0 Å². The van der Waals surface area contributed by atoms with Crippen molar-refractivity contribution >= 4 is 28.5 Å². The van der Waals surface area contributed by atoms with Crippen LogP contribution in [0.2, 0.25) is 0 Å². The van der Waals surface area contributed by atoms with Crippen LogP contribution in [0.15, 0.2) is 109 Å². The summed E-state index contributed by atoms with van der Waals surface area (Å²) in [5.74, 6) is -0.923. The summed E-state index contributed by atoms with van der Waals surface area (Å²) in [4.78, 5) is 31.1. The zero-order valence-corrected chi connectivity index (χ0v) is 19.7. The molecule has 0 radical (unpaired) electrons. The smallest absolute Gasteiger partial charge is 0.340 e. The Morgan fingerprint density at radius 3 is 2.30 bits per heavy atom. The fourth-order valence-electron chi connectivity index (χ4n) is 3.98. The van der Waals surface area contributed by atoms with Gasteiger partial charge < -0.3 is 10.1 Å². The summed E-state index contributed by atoms with van der Waals surface area (Å²) in [6.07, 6.45) is 0. The number of esters is 1. The molecule has 1 heterocycles. The summed E-state index contributed by atoms with van der Waals surface area (Å²) in [5, 5.41) is 12.5. The van der Waals surface area contributed by atoms with Crippen molar-refractivity contribution in [3.05, 3.63) is 131 Å². The van der Waals surface area contributed by atoms with Crippen LogP contribution in [0.25, 0.3) is 22.2 Å². The van der Waals surface area contributed by atoms with Crippen molar-refractivity contribution < 1.29 is 14.3 Å². The molecule has 0 aliphatic carbocycles. The van der Waals surface area contributed by atoms with Crippen LogP contribution in [-0.2, 0) is 11.3 Å². The third-order valence-electron chi connectivity index (χ3n) is 5.88. The lowest BCUT2D eigenvalue weighted by Gasteiger charge is -2.13. The van der Waals surface area contributed by atoms with Gasteiger partial charge in [0, 0.05) is 10.9 Å². The molecular weight excluding hydrogens is 462 g/mol. The molecular formula is C31H21N3O3. The molecule has 0 saturated heterocycles. The number of anilines is 1. The van der Waals surface area contributed by atoms with Crippen molar-refractivity contribution in [2.24, 2.45) is 0 Å². The van der Waals surface area contributed by atoms with Crippen LogP contribution < -0.4 is 5.32 Å². The largest absolute Gasteiger partial charge is 0.457 e. The fraction of sp³-hybridized carbons (Fsp3) is 0.0323. The van der Waals surface area contributed by atoms with Gasteiger partial charge in [-0.15, -0.1) is 0 Å². The summed E-state index contributed by atoms with van der Waals surface area (Å²) >= 11 is 0. The van der Waals surface area contributed by atoms with Crippen LogP contribution in [0.1, 0.15) is 31.8 Å². The molecule has 1 aromatic heterocycles. The highest BCUT2D eigenvalue weighted by molar-refractivity contribution is 6.14. The quantitative estimate of drug-likeness (QED) is 0.283. The van der Waals surface area contributed by atoms with Gasteiger partial charge in [0.15, 0.2) is 0 Å². The first-order valence-electron chi connectivity index (χ1n) is 11.6. The number of carbonyl (C=O) groups is 2. The molecule has 0 aliphatic heterocycles. The third kappa shape index (κ3) is 5.21. The highest BCUT2D eigenvalue weighted by Crippen LogP contribution is 2.26. The second-order valence-electron chi connectivity index (χ2n) is 8.32. The Balaban J connectivity index is 1.41. The van der Waals surface area contributed by atoms with Crippen LogP contribution in [-0.4, -0.2) is 16.9 Å². The van der Waals surface area contributed by atoms with E-state index in [9.17, 15) is 9.59 Å². The predicted octanol–water partition coefficient (Wildman–Crippen LogP) is 6.38. The zero-order valence-electron chi connectivity index (χ0n) is 19.7. The Morgan fingerprint density at radius 2 is 1.51 bits per heavy atom. The van der Waals surface area contributed by atoms with E-state index in [0.29, 0.717) is 33.4 Å². The molecule has 5 rings (SSSR count). The van der Waals surface area contributed by atoms with E-state index in [1.165, 1.54) is 0 Å². The maximum Gasteiger partial charge on any atom is 0.340 e. The van der Waals surface area contributed by atoms with E-state index < -0.39 is 5.97 Å². The zero-order chi connectivity index (χ0) is 25.6. The van der Waals surface area contributed by atoms with Gasteiger partial charge in [0.2, 0.25) is 0 Å². The summed E-state index contributed by atoms with van der Waals surface area (Å²) in [6.45, 7) is 0.0439. The monoisotopic (exact) mass is 483 g/mol. The number of ether oxygens (including phenoxy) is 1. The molecule has 0 fully saturated rings. The lowest BCUT2D eigenvalue weighted by atomic mass is 10.0. The third-order valence-corrected chi connectivity index (χ3v) is 5.88. The average molecular weight is 484 g/mol. The topological polar surface area (TPSA) is 92.1 Å². The van der Waals surface area contributed by atoms with Crippen molar-refractivity contribution in [2.75, 3.05) is 5.32 Å². The SMILES string of the molecule is N#Cc1ccc(COC(=O)c2ccccc2NC(=O)c2cc(-c3ccccc3)nc3ccccc23)cc1. The first kappa shape index (κ1) is 23.5. The molecule has 0 unspecified atom stereocenters. The number of nitrogens with one attached hydrogen (secondary N) is 1. The van der Waals surface area contributed by atoms with Gasteiger partial charge >= 0.3 is 5.97 Å². The number of aromatic nitrogens is 1. The number of benzene rings is 4. The minimum atomic E-state index is -0.565. The average Bonchev–Trinajstić information content (AvgIpc) is 2.96. The standard InChI is InChI=1S/C31H21N3O3/c32-19-21-14-16-22(17-15-21)20-37-31(36)25-11-5-7-13-28(25)34-30(35)26-18-29(23-8-2-1-3-9-23)33-27-12-6-4-10-24(26)27/h1-18H,20H2,(H,34,35). The van der Waals surface area contributed by atoms with Crippen molar-refractivity contribution in [1.29, 1.82) is 5.26 Å². The molecule has 0 spiro atoms. The number of amides is 1. The summed E-state index contributed by atoms with van der Waals surface area (Å²) in [7, 11) is 0. The van der Waals surface area contributed by atoms with Gasteiger partial charge in [-0.05, 0) is 42.0 Å². The van der Waals surface area contributed by atoms with Crippen molar-refractivity contribution in [3.63, 3.8) is 0 Å². The number of fused-ring (bicyclic) bond motifs is 1. The van der Waals surface area contributed by atoms with E-state index in [1.807, 2.05) is 54.6 Å². The van der Waals surface area contributed by atoms with E-state index in [0.717, 1.165) is 11.1 Å². The van der Waals surface area contributed by atoms with Crippen molar-refractivity contribution in [3.8, 4) is 17.3 Å². The first-order chi connectivity index (χ1) is 18.1. The Labute approximate surface area is 213 Å². The molecule has 6 nitrogen and oxygen atoms in total. The van der Waals surface area contributed by atoms with Gasteiger partial charge in [0.25, 0.3) is 5.91 Å². The molecule has 6 heteroatoms. The maximum absolute atomic E-state index is 13.5. The Bertz CT molecular complexity index is 1640. The summed E-state index contributed by atoms with van der Waals surface area (Å²) < 4.78 is 5.48. The van der Waals surface area contributed by atoms with Gasteiger partial charge in [0.05, 0.1) is 39.7 Å². The van der Waals surface area contributed by atoms with Gasteiger partial charge in [-0.1, -0.05) is 72.8 Å². The molecule has 37 heavy (non-hydrogen) atoms. The Morgan fingerprint density at radius 1 is 0.811 bits per heavy atom. The number of hydrogen-bond acceptors (Lipinski definition) is 5. The number of hydrogen-bond donors (Lipinski definition) is 1. The molecule has 0 saturated carbocycles. The molecule has 178 valence electrons. The number of nitriles is 1. The van der Waals surface area contributed by atoms with Gasteiger partial charge in [-0.2, -0.15) is 5.26 Å². The predicted molar refractivity (Wildman–Crippen MR) is 142 cm³/mol. The van der Waals surface area contributed by atoms with Gasteiger partial charge in [0.1, 0.15) is 6.61 Å². The Kier molecular flexibility index (Phi) is 6.69. The molecule has 0 atom stereocenters. The minimum absolute atomic E-state index is 0.0439. The van der Waals surface area contributed by atoms with E-state index in [-0.39, 0.29) is 18.1 Å². The summed E-state index contributed by atoms with van der Waals surface area (Å²) in [5.41, 5.74) is 4.60. The molecule has 4 aromatic carbocycles. The molecule has 1 N–H and O–H groups in total. The lowest BCUT2D eigenvalue weighted by Crippen LogP contribution is -2.16. The van der Waals surface area contributed by atoms with Crippen LogP contribution in [0, 0.1) is 11.3 Å². The number of carbonyl (C=O) groups excluding carboxylic acids is 2. The summed E-state index contributed by atoms with van der Waals surface area (Å²) in [6, 6.07) is 34.5. The van der Waals surface area contributed by atoms with E-state index >= 15 is 0 Å². The van der Waals surface area contributed by atoms with Crippen LogP contribution in [0.3, 0.4) is 0 Å². The Hall–Kier alpha value is -5.28. The van der Waals surface area contributed by atoms with Crippen LogP contribution in [0.5, 0.6) is 0 Å². The van der Waals surface area contributed by atoms with E-state index in [2.05, 4.69) is 11.4 Å². The highest BCUT2D eigenvalue weighted by atomic mass is 16.5. The highest BCUT2D eigenvalue weighted by Gasteiger charge is 2.18. The normalized spacial score (nSPS) is 10.5. The number of nitrogens with zero attached hydrogens (tertiary/aromatic N) is 2. The second-order valence-corrected chi connectivity index (χ2v) is 8.32. The first-order valence-corrected chi connectivity index (χ1v) is 11.6. The number of pyridine rings is 1. The van der Waals surface area contributed by atoms with Crippen LogP contribution in [0.4, 0.5) is 5.69 Å². The fourth-order valence-corrected chi connectivity index (χ4v) is 3.98. The minimum Gasteiger partial charge on any atom is -0.457 e. The lowest BCUT2D eigenvalue weighted by molar-refractivity contribution is 0.0474. The van der Waals surface area contributed by atoms with Gasteiger partial charge in [-0.25, -0.2) is 9.78 Å². The van der Waals surface area contributed by atoms with Crippen molar-refractivity contribution in [2.45, 2.75) is 6.61 Å². The van der Waals surface area contributed by atoms with E-state index in [4.69, 9.17) is 15.0 Å². The molecule has 0 bridgehead atoms. The molecule has 0 aliphatic rings. The van der Waals surface area contributed by atoms with E-state index in [1.54, 1.807) is 54.6 Å². The second kappa shape index (κ2) is 10.5. The van der Waals surface area contributed by atoms with Crippen molar-refractivity contribution in [1.82, 2.24) is 4.98 Å². The molecule has 5 aromatic rings. The molecule has 1 amide bonds. The number of para-hydroxylation sites is 2. The maximum atomic E-state index is 13.5. The van der Waals surface area contributed by atoms with Gasteiger partial charge in [-0.3, -0.25) is 4.79 Å². The number of rotatable bonds is 6.